The standard InChI is InChI=1S/C15H27N3S/c1-10(2)18-13(5)15(12(4)17-18)11(3)16-9-14-7-6-8-19-14/h10-11,14,16H,6-9H2,1-5H3. The molecule has 0 aliphatic carbocycles. The summed E-state index contributed by atoms with van der Waals surface area (Å²) in [5.41, 5.74) is 3.87. The van der Waals surface area contributed by atoms with E-state index in [9.17, 15) is 0 Å². The van der Waals surface area contributed by atoms with Crippen molar-refractivity contribution >= 4 is 11.8 Å². The number of thioether (sulfide) groups is 1. The van der Waals surface area contributed by atoms with Crippen LogP contribution in [0.15, 0.2) is 0 Å². The highest BCUT2D eigenvalue weighted by Gasteiger charge is 2.21. The van der Waals surface area contributed by atoms with Gasteiger partial charge in [-0.05, 0) is 53.2 Å². The summed E-state index contributed by atoms with van der Waals surface area (Å²) in [6, 6.07) is 0.832. The van der Waals surface area contributed by atoms with Crippen molar-refractivity contribution in [3.05, 3.63) is 17.0 Å². The van der Waals surface area contributed by atoms with Gasteiger partial charge in [0.25, 0.3) is 0 Å². The maximum absolute atomic E-state index is 4.68. The fourth-order valence-electron chi connectivity index (χ4n) is 3.02. The predicted octanol–water partition coefficient (Wildman–Crippen LogP) is 3.63. The number of hydrogen-bond donors (Lipinski definition) is 1. The van der Waals surface area contributed by atoms with Crippen molar-refractivity contribution in [3.63, 3.8) is 0 Å². The minimum Gasteiger partial charge on any atom is -0.309 e. The molecule has 1 N–H and O–H groups in total. The number of aromatic nitrogens is 2. The molecular formula is C15H27N3S. The number of nitrogens with zero attached hydrogens (tertiary/aromatic N) is 2. The van der Waals surface area contributed by atoms with Gasteiger partial charge in [-0.25, -0.2) is 0 Å². The van der Waals surface area contributed by atoms with Gasteiger partial charge in [-0.15, -0.1) is 0 Å². The van der Waals surface area contributed by atoms with Gasteiger partial charge >= 0.3 is 0 Å². The van der Waals surface area contributed by atoms with E-state index in [1.807, 2.05) is 0 Å². The minimum atomic E-state index is 0.397. The summed E-state index contributed by atoms with van der Waals surface area (Å²) in [5, 5.41) is 9.19. The lowest BCUT2D eigenvalue weighted by Crippen LogP contribution is -2.26. The second-order valence-electron chi connectivity index (χ2n) is 5.89. The highest BCUT2D eigenvalue weighted by Crippen LogP contribution is 2.27. The quantitative estimate of drug-likeness (QED) is 0.894. The van der Waals surface area contributed by atoms with Crippen LogP contribution >= 0.6 is 11.8 Å². The Morgan fingerprint density at radius 3 is 2.63 bits per heavy atom. The first-order valence-electron chi connectivity index (χ1n) is 7.41. The molecule has 1 aromatic heterocycles. The first-order valence-corrected chi connectivity index (χ1v) is 8.46. The second kappa shape index (κ2) is 6.31. The Hall–Kier alpha value is -0.480. The Morgan fingerprint density at radius 1 is 1.37 bits per heavy atom. The first kappa shape index (κ1) is 14.9. The molecule has 0 aromatic carbocycles. The molecule has 2 unspecified atom stereocenters. The third-order valence-corrected chi connectivity index (χ3v) is 5.38. The summed E-state index contributed by atoms with van der Waals surface area (Å²) >= 11 is 2.11. The maximum Gasteiger partial charge on any atom is 0.0644 e. The van der Waals surface area contributed by atoms with Gasteiger partial charge in [0.15, 0.2) is 0 Å². The lowest BCUT2D eigenvalue weighted by molar-refractivity contribution is 0.511. The fraction of sp³-hybridized carbons (Fsp3) is 0.800. The van der Waals surface area contributed by atoms with E-state index >= 15 is 0 Å². The number of nitrogens with one attached hydrogen (secondary N) is 1. The van der Waals surface area contributed by atoms with E-state index in [-0.39, 0.29) is 0 Å². The Labute approximate surface area is 121 Å². The zero-order valence-electron chi connectivity index (χ0n) is 12.9. The van der Waals surface area contributed by atoms with Crippen molar-refractivity contribution in [2.75, 3.05) is 12.3 Å². The van der Waals surface area contributed by atoms with Crippen LogP contribution in [0.3, 0.4) is 0 Å². The summed E-state index contributed by atoms with van der Waals surface area (Å²) in [4.78, 5) is 0. The summed E-state index contributed by atoms with van der Waals surface area (Å²) in [6.45, 7) is 12.1. The molecule has 3 nitrogen and oxygen atoms in total. The van der Waals surface area contributed by atoms with Gasteiger partial charge in [0.1, 0.15) is 0 Å². The van der Waals surface area contributed by atoms with Crippen LogP contribution in [0.1, 0.15) is 62.6 Å². The molecule has 108 valence electrons. The molecule has 2 atom stereocenters. The molecule has 1 saturated heterocycles. The molecular weight excluding hydrogens is 254 g/mol. The lowest BCUT2D eigenvalue weighted by atomic mass is 10.1. The molecule has 0 amide bonds. The van der Waals surface area contributed by atoms with E-state index in [0.717, 1.165) is 11.8 Å². The van der Waals surface area contributed by atoms with Crippen molar-refractivity contribution < 1.29 is 0 Å². The molecule has 0 saturated carbocycles. The summed E-state index contributed by atoms with van der Waals surface area (Å²) in [6.07, 6.45) is 2.75. The lowest BCUT2D eigenvalue weighted by Gasteiger charge is -2.18. The molecule has 19 heavy (non-hydrogen) atoms. The van der Waals surface area contributed by atoms with E-state index in [4.69, 9.17) is 0 Å². The van der Waals surface area contributed by atoms with E-state index in [0.29, 0.717) is 12.1 Å². The van der Waals surface area contributed by atoms with Gasteiger partial charge in [0, 0.05) is 35.1 Å². The van der Waals surface area contributed by atoms with Crippen molar-refractivity contribution in [3.8, 4) is 0 Å². The zero-order valence-corrected chi connectivity index (χ0v) is 13.7. The largest absolute Gasteiger partial charge is 0.309 e. The van der Waals surface area contributed by atoms with Gasteiger partial charge in [-0.1, -0.05) is 0 Å². The summed E-state index contributed by atoms with van der Waals surface area (Å²) < 4.78 is 2.15. The zero-order chi connectivity index (χ0) is 14.0. The number of rotatable bonds is 5. The third-order valence-electron chi connectivity index (χ3n) is 3.98. The van der Waals surface area contributed by atoms with E-state index < -0.39 is 0 Å². The van der Waals surface area contributed by atoms with Gasteiger partial charge in [-0.3, -0.25) is 4.68 Å². The number of aryl methyl sites for hydroxylation is 1. The Morgan fingerprint density at radius 2 is 2.11 bits per heavy atom. The van der Waals surface area contributed by atoms with Gasteiger partial charge in [0.2, 0.25) is 0 Å². The highest BCUT2D eigenvalue weighted by molar-refractivity contribution is 8.00. The summed E-state index contributed by atoms with van der Waals surface area (Å²) in [7, 11) is 0. The van der Waals surface area contributed by atoms with E-state index in [1.54, 1.807) is 0 Å². The molecule has 0 radical (unpaired) electrons. The number of hydrogen-bond acceptors (Lipinski definition) is 3. The molecule has 4 heteroatoms. The van der Waals surface area contributed by atoms with Gasteiger partial charge < -0.3 is 5.32 Å². The molecule has 0 spiro atoms. The monoisotopic (exact) mass is 281 g/mol. The van der Waals surface area contributed by atoms with Crippen LogP contribution < -0.4 is 5.32 Å². The van der Waals surface area contributed by atoms with Crippen LogP contribution in [0.5, 0.6) is 0 Å². The highest BCUT2D eigenvalue weighted by atomic mass is 32.2. The van der Waals surface area contributed by atoms with Gasteiger partial charge in [0.05, 0.1) is 5.69 Å². The minimum absolute atomic E-state index is 0.397. The van der Waals surface area contributed by atoms with Crippen LogP contribution in [0.4, 0.5) is 0 Å². The van der Waals surface area contributed by atoms with E-state index in [1.165, 1.54) is 35.5 Å². The van der Waals surface area contributed by atoms with E-state index in [2.05, 4.69) is 61.5 Å². The normalized spacial score (nSPS) is 21.3. The smallest absolute Gasteiger partial charge is 0.0644 e. The van der Waals surface area contributed by atoms with Crippen LogP contribution in [-0.4, -0.2) is 27.3 Å². The third kappa shape index (κ3) is 3.34. The Bertz CT molecular complexity index is 419. The SMILES string of the molecule is Cc1nn(C(C)C)c(C)c1C(C)NCC1CCCS1. The van der Waals surface area contributed by atoms with Crippen LogP contribution in [0.2, 0.25) is 0 Å². The molecule has 1 aliphatic rings. The van der Waals surface area contributed by atoms with Crippen molar-refractivity contribution in [2.24, 2.45) is 0 Å². The molecule has 1 aromatic rings. The predicted molar refractivity (Wildman–Crippen MR) is 84.0 cm³/mol. The van der Waals surface area contributed by atoms with Crippen molar-refractivity contribution in [1.29, 1.82) is 0 Å². The average molecular weight is 281 g/mol. The van der Waals surface area contributed by atoms with Crippen LogP contribution in [0.25, 0.3) is 0 Å². The fourth-order valence-corrected chi connectivity index (χ4v) is 4.23. The molecule has 0 bridgehead atoms. The maximum atomic E-state index is 4.68. The molecule has 2 rings (SSSR count). The van der Waals surface area contributed by atoms with Crippen LogP contribution in [-0.2, 0) is 0 Å². The van der Waals surface area contributed by atoms with Crippen molar-refractivity contribution in [2.45, 2.75) is 64.8 Å². The molecule has 1 fully saturated rings. The Kier molecular flexibility index (Phi) is 4.96. The molecule has 2 heterocycles. The summed E-state index contributed by atoms with van der Waals surface area (Å²) in [5.74, 6) is 1.34. The molecule has 1 aliphatic heterocycles. The first-order chi connectivity index (χ1) is 9.00. The topological polar surface area (TPSA) is 29.9 Å². The second-order valence-corrected chi connectivity index (χ2v) is 7.30. The Balaban J connectivity index is 2.03. The van der Waals surface area contributed by atoms with Crippen molar-refractivity contribution in [1.82, 2.24) is 15.1 Å². The average Bonchev–Trinajstić information content (AvgIpc) is 2.94. The van der Waals surface area contributed by atoms with Crippen LogP contribution in [0, 0.1) is 13.8 Å². The van der Waals surface area contributed by atoms with Gasteiger partial charge in [-0.2, -0.15) is 16.9 Å².